The van der Waals surface area contributed by atoms with Crippen molar-refractivity contribution < 1.29 is 17.6 Å². The third kappa shape index (κ3) is 5.37. The van der Waals surface area contributed by atoms with E-state index in [4.69, 9.17) is 0 Å². The molecule has 0 atom stereocenters. The number of rotatable bonds is 9. The summed E-state index contributed by atoms with van der Waals surface area (Å²) in [6, 6.07) is 14.0. The van der Waals surface area contributed by atoms with Crippen molar-refractivity contribution in [3.05, 3.63) is 88.9 Å². The minimum Gasteiger partial charge on any atom is -0.354 e. The zero-order valence-corrected chi connectivity index (χ0v) is 18.9. The molecule has 0 fully saturated rings. The standard InChI is InChI=1S/C23H22FN5O4S/c24-18-6-4-5-17(13-18)15-28-16-26-22-20(23(28)31)14-27-29(22)11-10-25-21(30)9-12-34(32,33)19-7-2-1-3-8-19/h1-8,13-14,16H,9-12,15H2,(H,25,30). The Kier molecular flexibility index (Phi) is 6.82. The van der Waals surface area contributed by atoms with Crippen LogP contribution in [0.3, 0.4) is 0 Å². The summed E-state index contributed by atoms with van der Waals surface area (Å²) in [6.07, 6.45) is 2.61. The lowest BCUT2D eigenvalue weighted by molar-refractivity contribution is -0.120. The fourth-order valence-electron chi connectivity index (χ4n) is 3.47. The predicted octanol–water partition coefficient (Wildman–Crippen LogP) is 1.76. The van der Waals surface area contributed by atoms with E-state index in [-0.39, 0.29) is 48.1 Å². The van der Waals surface area contributed by atoms with Gasteiger partial charge in [-0.25, -0.2) is 22.5 Å². The SMILES string of the molecule is O=C(CCS(=O)(=O)c1ccccc1)NCCn1ncc2c(=O)n(Cc3cccc(F)c3)cnc21. The van der Waals surface area contributed by atoms with Crippen molar-refractivity contribution in [3.8, 4) is 0 Å². The third-order valence-corrected chi connectivity index (χ3v) is 6.94. The quantitative estimate of drug-likeness (QED) is 0.388. The van der Waals surface area contributed by atoms with Crippen molar-refractivity contribution in [2.45, 2.75) is 24.4 Å². The molecule has 0 saturated heterocycles. The summed E-state index contributed by atoms with van der Waals surface area (Å²) in [4.78, 5) is 29.3. The highest BCUT2D eigenvalue weighted by atomic mass is 32.2. The number of nitrogens with zero attached hydrogens (tertiary/aromatic N) is 4. The van der Waals surface area contributed by atoms with Gasteiger partial charge in [0.1, 0.15) is 17.5 Å². The molecule has 9 nitrogen and oxygen atoms in total. The van der Waals surface area contributed by atoms with Crippen molar-refractivity contribution in [3.63, 3.8) is 0 Å². The molecule has 0 saturated carbocycles. The van der Waals surface area contributed by atoms with Crippen LogP contribution in [0.4, 0.5) is 4.39 Å². The lowest BCUT2D eigenvalue weighted by Crippen LogP contribution is -2.29. The second kappa shape index (κ2) is 9.96. The second-order valence-electron chi connectivity index (χ2n) is 7.64. The first-order valence-corrected chi connectivity index (χ1v) is 12.2. The highest BCUT2D eigenvalue weighted by Crippen LogP contribution is 2.11. The third-order valence-electron chi connectivity index (χ3n) is 5.21. The highest BCUT2D eigenvalue weighted by molar-refractivity contribution is 7.91. The van der Waals surface area contributed by atoms with E-state index in [1.165, 1.54) is 46.0 Å². The summed E-state index contributed by atoms with van der Waals surface area (Å²) in [5, 5.41) is 7.14. The molecule has 4 aromatic rings. The van der Waals surface area contributed by atoms with Crippen LogP contribution in [-0.2, 0) is 27.7 Å². The molecule has 0 unspecified atom stereocenters. The maximum atomic E-state index is 13.4. The number of fused-ring (bicyclic) bond motifs is 1. The van der Waals surface area contributed by atoms with Crippen LogP contribution in [0.15, 0.2) is 76.8 Å². The molecule has 34 heavy (non-hydrogen) atoms. The van der Waals surface area contributed by atoms with Gasteiger partial charge in [-0.2, -0.15) is 5.10 Å². The van der Waals surface area contributed by atoms with Gasteiger partial charge in [0, 0.05) is 13.0 Å². The normalized spacial score (nSPS) is 11.6. The largest absolute Gasteiger partial charge is 0.354 e. The lowest BCUT2D eigenvalue weighted by Gasteiger charge is -2.08. The first-order valence-electron chi connectivity index (χ1n) is 10.5. The van der Waals surface area contributed by atoms with Gasteiger partial charge in [0.05, 0.1) is 29.9 Å². The van der Waals surface area contributed by atoms with Gasteiger partial charge < -0.3 is 5.32 Å². The monoisotopic (exact) mass is 483 g/mol. The van der Waals surface area contributed by atoms with Gasteiger partial charge in [0.2, 0.25) is 5.91 Å². The molecule has 2 aromatic heterocycles. The number of amides is 1. The molecular weight excluding hydrogens is 461 g/mol. The van der Waals surface area contributed by atoms with E-state index in [0.29, 0.717) is 16.6 Å². The smallest absolute Gasteiger partial charge is 0.264 e. The Hall–Kier alpha value is -3.86. The molecule has 2 heterocycles. The van der Waals surface area contributed by atoms with Gasteiger partial charge in [0.15, 0.2) is 15.5 Å². The maximum Gasteiger partial charge on any atom is 0.264 e. The molecule has 4 rings (SSSR count). The van der Waals surface area contributed by atoms with E-state index >= 15 is 0 Å². The summed E-state index contributed by atoms with van der Waals surface area (Å²) in [5.74, 6) is -1.08. The average molecular weight is 484 g/mol. The van der Waals surface area contributed by atoms with E-state index in [1.54, 1.807) is 30.3 Å². The molecule has 1 amide bonds. The van der Waals surface area contributed by atoms with E-state index in [0.717, 1.165) is 0 Å². The van der Waals surface area contributed by atoms with Gasteiger partial charge in [-0.05, 0) is 29.8 Å². The number of carbonyl (C=O) groups excluding carboxylic acids is 1. The maximum absolute atomic E-state index is 13.4. The fourth-order valence-corrected chi connectivity index (χ4v) is 4.73. The Bertz CT molecular complexity index is 1480. The van der Waals surface area contributed by atoms with E-state index in [9.17, 15) is 22.4 Å². The van der Waals surface area contributed by atoms with Gasteiger partial charge in [-0.15, -0.1) is 0 Å². The highest BCUT2D eigenvalue weighted by Gasteiger charge is 2.16. The molecule has 2 aromatic carbocycles. The zero-order valence-electron chi connectivity index (χ0n) is 18.1. The Balaban J connectivity index is 1.34. The molecule has 0 bridgehead atoms. The molecule has 1 N–H and O–H groups in total. The molecular formula is C23H22FN5O4S. The van der Waals surface area contributed by atoms with Crippen molar-refractivity contribution in [2.24, 2.45) is 0 Å². The minimum absolute atomic E-state index is 0.167. The van der Waals surface area contributed by atoms with Gasteiger partial charge >= 0.3 is 0 Å². The predicted molar refractivity (Wildman–Crippen MR) is 123 cm³/mol. The van der Waals surface area contributed by atoms with E-state index in [1.807, 2.05) is 0 Å². The summed E-state index contributed by atoms with van der Waals surface area (Å²) < 4.78 is 40.8. The van der Waals surface area contributed by atoms with Crippen LogP contribution in [-0.4, -0.2) is 46.0 Å². The number of halogens is 1. The van der Waals surface area contributed by atoms with Crippen LogP contribution in [0.2, 0.25) is 0 Å². The molecule has 176 valence electrons. The van der Waals surface area contributed by atoms with Crippen molar-refractivity contribution in [1.82, 2.24) is 24.6 Å². The van der Waals surface area contributed by atoms with Crippen LogP contribution in [0.5, 0.6) is 0 Å². The van der Waals surface area contributed by atoms with Crippen molar-refractivity contribution >= 4 is 26.8 Å². The summed E-state index contributed by atoms with van der Waals surface area (Å²) in [5.41, 5.74) is 0.685. The number of sulfone groups is 1. The Morgan fingerprint density at radius 1 is 1.09 bits per heavy atom. The number of benzene rings is 2. The zero-order chi connectivity index (χ0) is 24.1. The van der Waals surface area contributed by atoms with Crippen molar-refractivity contribution in [2.75, 3.05) is 12.3 Å². The number of carbonyl (C=O) groups is 1. The Labute approximate surface area is 194 Å². The molecule has 11 heteroatoms. The van der Waals surface area contributed by atoms with Crippen LogP contribution in [0, 0.1) is 5.82 Å². The van der Waals surface area contributed by atoms with E-state index < -0.39 is 15.7 Å². The first kappa shape index (κ1) is 23.3. The first-order chi connectivity index (χ1) is 16.3. The van der Waals surface area contributed by atoms with Gasteiger partial charge in [-0.3, -0.25) is 14.2 Å². The van der Waals surface area contributed by atoms with Crippen LogP contribution in [0.1, 0.15) is 12.0 Å². The lowest BCUT2D eigenvalue weighted by atomic mass is 10.2. The summed E-state index contributed by atoms with van der Waals surface area (Å²) >= 11 is 0. The molecule has 0 aliphatic rings. The Morgan fingerprint density at radius 3 is 2.65 bits per heavy atom. The fraction of sp³-hybridized carbons (Fsp3) is 0.217. The minimum atomic E-state index is -3.53. The topological polar surface area (TPSA) is 116 Å². The molecule has 0 spiro atoms. The van der Waals surface area contributed by atoms with Gasteiger partial charge in [-0.1, -0.05) is 30.3 Å². The van der Waals surface area contributed by atoms with Crippen molar-refractivity contribution in [1.29, 1.82) is 0 Å². The van der Waals surface area contributed by atoms with E-state index in [2.05, 4.69) is 15.4 Å². The van der Waals surface area contributed by atoms with Crippen LogP contribution < -0.4 is 10.9 Å². The van der Waals surface area contributed by atoms with Crippen LogP contribution >= 0.6 is 0 Å². The number of nitrogens with one attached hydrogen (secondary N) is 1. The molecule has 0 aliphatic heterocycles. The number of hydrogen-bond acceptors (Lipinski definition) is 6. The second-order valence-corrected chi connectivity index (χ2v) is 9.75. The van der Waals surface area contributed by atoms with Crippen LogP contribution in [0.25, 0.3) is 11.0 Å². The number of aromatic nitrogens is 4. The summed E-state index contributed by atoms with van der Waals surface area (Å²) in [6.45, 7) is 0.614. The average Bonchev–Trinajstić information content (AvgIpc) is 3.24. The molecule has 0 radical (unpaired) electrons. The van der Waals surface area contributed by atoms with Gasteiger partial charge in [0.25, 0.3) is 5.56 Å². The molecule has 0 aliphatic carbocycles. The Morgan fingerprint density at radius 2 is 1.88 bits per heavy atom. The number of hydrogen-bond donors (Lipinski definition) is 1. The summed E-state index contributed by atoms with van der Waals surface area (Å²) in [7, 11) is -3.53.